The number of hydrogen-bond donors (Lipinski definition) is 0. The molecule has 6 heteroatoms. The largest absolute Gasteiger partial charge is 0.543 e. The lowest BCUT2D eigenvalue weighted by Crippen LogP contribution is -2.14. The van der Waals surface area contributed by atoms with Crippen LogP contribution >= 0.6 is 0 Å². The van der Waals surface area contributed by atoms with Crippen molar-refractivity contribution in [1.29, 1.82) is 0 Å². The Kier molecular flexibility index (Phi) is 11.3. The van der Waals surface area contributed by atoms with Crippen LogP contribution in [-0.4, -0.2) is 18.7 Å². The number of ether oxygens (including phenoxy) is 1. The van der Waals surface area contributed by atoms with Crippen LogP contribution in [0.25, 0.3) is 0 Å². The maximum absolute atomic E-state index is 11.8. The van der Waals surface area contributed by atoms with Crippen LogP contribution < -0.4 is 0 Å². The molecule has 0 bridgehead atoms. The first-order valence-electron chi connectivity index (χ1n) is 10.2. The van der Waals surface area contributed by atoms with Gasteiger partial charge in [-0.2, -0.15) is 0 Å². The van der Waals surface area contributed by atoms with Crippen molar-refractivity contribution in [3.05, 3.63) is 35.4 Å². The second-order valence-corrected chi connectivity index (χ2v) is 7.92. The lowest BCUT2D eigenvalue weighted by atomic mass is 9.87. The van der Waals surface area contributed by atoms with Crippen molar-refractivity contribution in [2.24, 2.45) is 0 Å². The lowest BCUT2D eigenvalue weighted by molar-refractivity contribution is -0.452. The van der Waals surface area contributed by atoms with Gasteiger partial charge < -0.3 is 4.74 Å². The number of rotatable bonds is 12. The molecule has 0 atom stereocenters. The monoisotopic (exact) mass is 394 g/mol. The number of unbranched alkanes of at least 4 members (excludes halogenated alkanes) is 7. The maximum atomic E-state index is 11.8. The van der Waals surface area contributed by atoms with Gasteiger partial charge in [-0.3, -0.25) is 4.89 Å². The second-order valence-electron chi connectivity index (χ2n) is 7.92. The molecule has 0 aliphatic carbocycles. The van der Waals surface area contributed by atoms with Gasteiger partial charge in [0.05, 0.1) is 17.2 Å². The molecular weight excluding hydrogens is 360 g/mol. The standard InChI is InChI=1S/C22H34O6/c1-5-6-7-8-9-10-11-12-17-25-21(24)27-28-26-20(23)18-13-15-19(16-14-18)22(2,3)4/h13-16H,5-12,17H2,1-4H3. The molecule has 0 unspecified atom stereocenters. The highest BCUT2D eigenvalue weighted by atomic mass is 17.5. The van der Waals surface area contributed by atoms with Gasteiger partial charge in [0.2, 0.25) is 0 Å². The fourth-order valence-corrected chi connectivity index (χ4v) is 2.65. The first kappa shape index (κ1) is 24.0. The molecule has 0 fully saturated rings. The molecule has 0 aromatic heterocycles. The Morgan fingerprint density at radius 2 is 1.39 bits per heavy atom. The quantitative estimate of drug-likeness (QED) is 0.180. The van der Waals surface area contributed by atoms with Crippen molar-refractivity contribution < 1.29 is 29.1 Å². The third-order valence-electron chi connectivity index (χ3n) is 4.42. The normalized spacial score (nSPS) is 11.1. The van der Waals surface area contributed by atoms with Crippen molar-refractivity contribution in [2.75, 3.05) is 6.61 Å². The van der Waals surface area contributed by atoms with Gasteiger partial charge in [-0.05, 0) is 29.5 Å². The minimum absolute atomic E-state index is 0.0130. The highest BCUT2D eigenvalue weighted by molar-refractivity contribution is 5.88. The third-order valence-corrected chi connectivity index (χ3v) is 4.42. The zero-order chi connectivity index (χ0) is 20.8. The molecule has 0 amide bonds. The fourth-order valence-electron chi connectivity index (χ4n) is 2.65. The summed E-state index contributed by atoms with van der Waals surface area (Å²) in [6.45, 7) is 8.69. The summed E-state index contributed by atoms with van der Waals surface area (Å²) >= 11 is 0. The molecule has 0 saturated heterocycles. The first-order chi connectivity index (χ1) is 13.3. The van der Waals surface area contributed by atoms with E-state index in [0.717, 1.165) is 24.8 Å². The topological polar surface area (TPSA) is 71.1 Å². The molecule has 28 heavy (non-hydrogen) atoms. The van der Waals surface area contributed by atoms with Crippen molar-refractivity contribution >= 4 is 12.1 Å². The van der Waals surface area contributed by atoms with Gasteiger partial charge in [-0.15, -0.1) is 0 Å². The predicted molar refractivity (Wildman–Crippen MR) is 107 cm³/mol. The van der Waals surface area contributed by atoms with Crippen LogP contribution in [0.1, 0.15) is 95.0 Å². The summed E-state index contributed by atoms with van der Waals surface area (Å²) in [7, 11) is 0. The molecule has 1 aromatic rings. The van der Waals surface area contributed by atoms with E-state index < -0.39 is 12.1 Å². The average Bonchev–Trinajstić information content (AvgIpc) is 2.66. The molecule has 6 nitrogen and oxygen atoms in total. The number of carbonyl (C=O) groups excluding carboxylic acids is 2. The highest BCUT2D eigenvalue weighted by Crippen LogP contribution is 2.22. The average molecular weight is 395 g/mol. The summed E-state index contributed by atoms with van der Waals surface area (Å²) in [4.78, 5) is 31.9. The van der Waals surface area contributed by atoms with Crippen molar-refractivity contribution in [3.63, 3.8) is 0 Å². The Balaban J connectivity index is 2.10. The summed E-state index contributed by atoms with van der Waals surface area (Å²) in [5, 5.41) is 4.22. The second kappa shape index (κ2) is 13.2. The first-order valence-corrected chi connectivity index (χ1v) is 10.2. The van der Waals surface area contributed by atoms with Gasteiger partial charge >= 0.3 is 12.1 Å². The SMILES string of the molecule is CCCCCCCCCCOC(=O)OOOC(=O)c1ccc(C(C)(C)C)cc1. The van der Waals surface area contributed by atoms with Gasteiger partial charge in [0.25, 0.3) is 0 Å². The zero-order valence-electron chi connectivity index (χ0n) is 17.6. The summed E-state index contributed by atoms with van der Waals surface area (Å²) in [5.41, 5.74) is 1.37. The zero-order valence-corrected chi connectivity index (χ0v) is 17.6. The molecule has 158 valence electrons. The van der Waals surface area contributed by atoms with E-state index in [-0.39, 0.29) is 12.0 Å². The Morgan fingerprint density at radius 1 is 0.821 bits per heavy atom. The van der Waals surface area contributed by atoms with Crippen LogP contribution in [0.3, 0.4) is 0 Å². The molecule has 0 aliphatic rings. The van der Waals surface area contributed by atoms with Crippen LogP contribution in [0.2, 0.25) is 0 Å². The summed E-state index contributed by atoms with van der Waals surface area (Å²) in [6, 6.07) is 6.95. The molecule has 0 N–H and O–H groups in total. The molecule has 1 aromatic carbocycles. The number of hydrogen-bond acceptors (Lipinski definition) is 6. The van der Waals surface area contributed by atoms with E-state index in [4.69, 9.17) is 4.74 Å². The Labute approximate surface area is 168 Å². The molecule has 1 rings (SSSR count). The van der Waals surface area contributed by atoms with Crippen LogP contribution in [0, 0.1) is 0 Å². The minimum atomic E-state index is -1.03. The van der Waals surface area contributed by atoms with Gasteiger partial charge in [0.15, 0.2) is 0 Å². The molecular formula is C22H34O6. The maximum Gasteiger partial charge on any atom is 0.543 e. The highest BCUT2D eigenvalue weighted by Gasteiger charge is 2.16. The molecule has 0 spiro atoms. The Bertz CT molecular complexity index is 574. The van der Waals surface area contributed by atoms with E-state index in [2.05, 4.69) is 42.5 Å². The van der Waals surface area contributed by atoms with E-state index in [0.29, 0.717) is 5.56 Å². The van der Waals surface area contributed by atoms with Gasteiger partial charge in [-0.25, -0.2) is 14.5 Å². The smallest absolute Gasteiger partial charge is 0.432 e. The molecule has 0 radical (unpaired) electrons. The van der Waals surface area contributed by atoms with Gasteiger partial charge in [0, 0.05) is 0 Å². The lowest BCUT2D eigenvalue weighted by Gasteiger charge is -2.18. The third kappa shape index (κ3) is 10.3. The molecule has 0 saturated carbocycles. The Morgan fingerprint density at radius 3 is 1.96 bits per heavy atom. The summed E-state index contributed by atoms with van der Waals surface area (Å²) < 4.78 is 4.85. The summed E-state index contributed by atoms with van der Waals surface area (Å²) in [5.74, 6) is -0.753. The number of benzene rings is 1. The van der Waals surface area contributed by atoms with Crippen LogP contribution in [0.15, 0.2) is 24.3 Å². The van der Waals surface area contributed by atoms with Crippen LogP contribution in [0.4, 0.5) is 4.79 Å². The van der Waals surface area contributed by atoms with Gasteiger partial charge in [-0.1, -0.05) is 84.8 Å². The van der Waals surface area contributed by atoms with E-state index in [1.54, 1.807) is 12.1 Å². The number of carbonyl (C=O) groups is 2. The minimum Gasteiger partial charge on any atom is -0.432 e. The molecule has 0 aliphatic heterocycles. The molecule has 0 heterocycles. The van der Waals surface area contributed by atoms with E-state index in [9.17, 15) is 9.59 Å². The van der Waals surface area contributed by atoms with Crippen molar-refractivity contribution in [2.45, 2.75) is 84.5 Å². The van der Waals surface area contributed by atoms with E-state index in [1.807, 2.05) is 12.1 Å². The van der Waals surface area contributed by atoms with Crippen LogP contribution in [-0.2, 0) is 25.0 Å². The van der Waals surface area contributed by atoms with Crippen LogP contribution in [0.5, 0.6) is 0 Å². The van der Waals surface area contributed by atoms with Gasteiger partial charge in [0.1, 0.15) is 0 Å². The van der Waals surface area contributed by atoms with E-state index >= 15 is 0 Å². The van der Waals surface area contributed by atoms with E-state index in [1.165, 1.54) is 32.1 Å². The predicted octanol–water partition coefficient (Wildman–Crippen LogP) is 6.28. The van der Waals surface area contributed by atoms with Crippen molar-refractivity contribution in [1.82, 2.24) is 0 Å². The summed E-state index contributed by atoms with van der Waals surface area (Å²) in [6.07, 6.45) is 8.16. The van der Waals surface area contributed by atoms with Crippen molar-refractivity contribution in [3.8, 4) is 0 Å². The fraction of sp³-hybridized carbons (Fsp3) is 0.636. The Hall–Kier alpha value is -2.08.